The highest BCUT2D eigenvalue weighted by Crippen LogP contribution is 2.43. The van der Waals surface area contributed by atoms with Crippen LogP contribution in [0.2, 0.25) is 0 Å². The molecule has 0 bridgehead atoms. The maximum atomic E-state index is 12.6. The Morgan fingerprint density at radius 3 is 1.31 bits per heavy atom. The zero-order chi connectivity index (χ0) is 40.5. The molecule has 3 N–H and O–H groups in total. The first kappa shape index (κ1) is 53.7. The van der Waals surface area contributed by atoms with Crippen molar-refractivity contribution in [3.8, 4) is 0 Å². The lowest BCUT2D eigenvalue weighted by Gasteiger charge is -2.20. The van der Waals surface area contributed by atoms with E-state index in [1.54, 1.807) is 0 Å². The summed E-state index contributed by atoms with van der Waals surface area (Å²) in [6, 6.07) is 0. The lowest BCUT2D eigenvalue weighted by atomic mass is 10.0. The number of allylic oxidation sites excluding steroid dienone is 2. The van der Waals surface area contributed by atoms with E-state index in [0.29, 0.717) is 12.8 Å². The fraction of sp³-hybridized carbons (Fsp3) is 0.909. The van der Waals surface area contributed by atoms with Crippen molar-refractivity contribution in [2.75, 3.05) is 26.4 Å². The molecule has 0 aromatic rings. The number of hydrogen-bond donors (Lipinski definition) is 3. The summed E-state index contributed by atoms with van der Waals surface area (Å²) in [7, 11) is -4.61. The zero-order valence-corrected chi connectivity index (χ0v) is 36.3. The van der Waals surface area contributed by atoms with Gasteiger partial charge in [0.2, 0.25) is 0 Å². The number of carbonyl (C=O) groups is 2. The van der Waals surface area contributed by atoms with Gasteiger partial charge in [-0.1, -0.05) is 180 Å². The molecule has 0 aromatic carbocycles. The van der Waals surface area contributed by atoms with Crippen LogP contribution in [-0.4, -0.2) is 65.7 Å². The van der Waals surface area contributed by atoms with Crippen molar-refractivity contribution in [2.24, 2.45) is 0 Å². The van der Waals surface area contributed by atoms with Gasteiger partial charge in [0, 0.05) is 12.8 Å². The molecule has 0 aromatic heterocycles. The van der Waals surface area contributed by atoms with E-state index in [-0.39, 0.29) is 19.4 Å². The van der Waals surface area contributed by atoms with Gasteiger partial charge in [-0.15, -0.1) is 0 Å². The Morgan fingerprint density at radius 1 is 0.527 bits per heavy atom. The van der Waals surface area contributed by atoms with Crippen LogP contribution < -0.4 is 0 Å². The number of phosphoric ester groups is 1. The van der Waals surface area contributed by atoms with Gasteiger partial charge in [0.1, 0.15) is 12.7 Å². The molecule has 0 aliphatic carbocycles. The van der Waals surface area contributed by atoms with E-state index in [4.69, 9.17) is 23.6 Å². The third kappa shape index (κ3) is 40.7. The topological polar surface area (TPSA) is 149 Å². The van der Waals surface area contributed by atoms with Crippen LogP contribution in [0.25, 0.3) is 0 Å². The van der Waals surface area contributed by atoms with Gasteiger partial charge in [0.25, 0.3) is 0 Å². The van der Waals surface area contributed by atoms with Crippen LogP contribution in [0.4, 0.5) is 0 Å². The maximum absolute atomic E-state index is 12.6. The first-order chi connectivity index (χ1) is 26.7. The molecule has 0 amide bonds. The van der Waals surface area contributed by atoms with Gasteiger partial charge >= 0.3 is 19.8 Å². The number of ether oxygens (including phenoxy) is 2. The summed E-state index contributed by atoms with van der Waals surface area (Å²) < 4.78 is 32.7. The fourth-order valence-corrected chi connectivity index (χ4v) is 7.19. The molecule has 3 atom stereocenters. The highest BCUT2D eigenvalue weighted by Gasteiger charge is 2.27. The lowest BCUT2D eigenvalue weighted by molar-refractivity contribution is -0.161. The number of rotatable bonds is 43. The smallest absolute Gasteiger partial charge is 0.462 e. The molecule has 0 radical (unpaired) electrons. The summed E-state index contributed by atoms with van der Waals surface area (Å²) in [6.07, 6.45) is 38.8. The first-order valence-electron chi connectivity index (χ1n) is 22.6. The van der Waals surface area contributed by atoms with Gasteiger partial charge in [-0.2, -0.15) is 0 Å². The van der Waals surface area contributed by atoms with E-state index < -0.39 is 51.8 Å². The van der Waals surface area contributed by atoms with E-state index in [9.17, 15) is 24.2 Å². The van der Waals surface area contributed by atoms with E-state index >= 15 is 0 Å². The molecule has 1 unspecified atom stereocenters. The van der Waals surface area contributed by atoms with Crippen molar-refractivity contribution >= 4 is 19.8 Å². The maximum Gasteiger partial charge on any atom is 0.472 e. The second kappa shape index (κ2) is 40.9. The second-order valence-electron chi connectivity index (χ2n) is 15.4. The summed E-state index contributed by atoms with van der Waals surface area (Å²) in [5, 5.41) is 18.3. The molecule has 11 heteroatoms. The van der Waals surface area contributed by atoms with Crippen LogP contribution in [0.1, 0.15) is 219 Å². The molecule has 326 valence electrons. The van der Waals surface area contributed by atoms with Gasteiger partial charge in [0.15, 0.2) is 6.10 Å². The van der Waals surface area contributed by atoms with E-state index in [0.717, 1.165) is 44.9 Å². The molecule has 10 nitrogen and oxygen atoms in total. The molecule has 0 aliphatic rings. The minimum absolute atomic E-state index is 0.183. The summed E-state index contributed by atoms with van der Waals surface area (Å²) >= 11 is 0. The molecule has 0 rings (SSSR count). The van der Waals surface area contributed by atoms with Crippen molar-refractivity contribution in [3.05, 3.63) is 12.2 Å². The Hall–Kier alpha value is -1.29. The minimum Gasteiger partial charge on any atom is -0.462 e. The molecular weight excluding hydrogens is 719 g/mol. The quantitative estimate of drug-likeness (QED) is 0.0235. The number of unbranched alkanes of at least 4 members (excludes halogenated alkanes) is 27. The number of aliphatic hydroxyl groups is 2. The van der Waals surface area contributed by atoms with Crippen LogP contribution in [0.15, 0.2) is 12.2 Å². The van der Waals surface area contributed by atoms with E-state index in [2.05, 4.69) is 26.0 Å². The Kier molecular flexibility index (Phi) is 39.9. The first-order valence-corrected chi connectivity index (χ1v) is 24.1. The minimum atomic E-state index is -4.61. The molecule has 0 saturated carbocycles. The average Bonchev–Trinajstić information content (AvgIpc) is 3.17. The standard InChI is InChI=1S/C44H85O10P/c1-3-5-7-9-11-13-15-17-19-20-22-24-26-28-30-32-34-36-44(48)54-42(40-53-55(49,50)52-38-41(46)37-45)39-51-43(47)35-33-31-29-27-25-23-21-18-16-14-12-10-8-6-4-2/h17,19,41-42,45-46H,3-16,18,20-40H2,1-2H3,(H,49,50)/b19-17-/t41-,42+/m0/s1. The van der Waals surface area contributed by atoms with Crippen LogP contribution in [0.3, 0.4) is 0 Å². The van der Waals surface area contributed by atoms with Gasteiger partial charge in [-0.3, -0.25) is 18.6 Å². The summed E-state index contributed by atoms with van der Waals surface area (Å²) in [6.45, 7) is 2.40. The Bertz CT molecular complexity index is 930. The van der Waals surface area contributed by atoms with E-state index in [1.165, 1.54) is 135 Å². The zero-order valence-electron chi connectivity index (χ0n) is 35.4. The Balaban J connectivity index is 4.25. The van der Waals surface area contributed by atoms with Gasteiger partial charge in [0.05, 0.1) is 19.8 Å². The van der Waals surface area contributed by atoms with Crippen LogP contribution in [-0.2, 0) is 32.7 Å². The van der Waals surface area contributed by atoms with Crippen LogP contribution >= 0.6 is 7.82 Å². The summed E-state index contributed by atoms with van der Waals surface area (Å²) in [4.78, 5) is 35.0. The van der Waals surface area contributed by atoms with Crippen molar-refractivity contribution in [1.29, 1.82) is 0 Å². The normalized spacial score (nSPS) is 13.9. The van der Waals surface area contributed by atoms with Crippen molar-refractivity contribution in [2.45, 2.75) is 232 Å². The average molecular weight is 805 g/mol. The second-order valence-corrected chi connectivity index (χ2v) is 16.9. The van der Waals surface area contributed by atoms with Crippen molar-refractivity contribution in [1.82, 2.24) is 0 Å². The van der Waals surface area contributed by atoms with Crippen LogP contribution in [0, 0.1) is 0 Å². The molecular formula is C44H85O10P. The van der Waals surface area contributed by atoms with E-state index in [1.807, 2.05) is 0 Å². The third-order valence-corrected chi connectivity index (χ3v) is 10.9. The fourth-order valence-electron chi connectivity index (χ4n) is 6.40. The summed E-state index contributed by atoms with van der Waals surface area (Å²) in [5.41, 5.74) is 0. The highest BCUT2D eigenvalue weighted by molar-refractivity contribution is 7.47. The highest BCUT2D eigenvalue weighted by atomic mass is 31.2. The molecule has 55 heavy (non-hydrogen) atoms. The number of aliphatic hydroxyl groups excluding tert-OH is 2. The largest absolute Gasteiger partial charge is 0.472 e. The number of carbonyl (C=O) groups excluding carboxylic acids is 2. The number of esters is 2. The molecule has 0 saturated heterocycles. The van der Waals surface area contributed by atoms with Gasteiger partial charge < -0.3 is 24.6 Å². The molecule has 0 fully saturated rings. The van der Waals surface area contributed by atoms with Crippen molar-refractivity contribution in [3.63, 3.8) is 0 Å². The SMILES string of the molecule is CCCCCCCC/C=C\CCCCCCCCCC(=O)O[C@H](COC(=O)CCCCCCCCCCCCCCCCC)COP(=O)(O)OC[C@@H](O)CO. The van der Waals surface area contributed by atoms with Crippen molar-refractivity contribution < 1.29 is 47.8 Å². The van der Waals surface area contributed by atoms with Gasteiger partial charge in [-0.05, 0) is 38.5 Å². The number of hydrogen-bond acceptors (Lipinski definition) is 9. The molecule has 0 spiro atoms. The number of phosphoric acid groups is 1. The monoisotopic (exact) mass is 805 g/mol. The predicted molar refractivity (Wildman–Crippen MR) is 224 cm³/mol. The Labute approximate surface area is 336 Å². The predicted octanol–water partition coefficient (Wildman–Crippen LogP) is 12.0. The molecule has 0 heterocycles. The van der Waals surface area contributed by atoms with Gasteiger partial charge in [-0.25, -0.2) is 4.57 Å². The molecule has 0 aliphatic heterocycles. The van der Waals surface area contributed by atoms with Crippen LogP contribution in [0.5, 0.6) is 0 Å². The Morgan fingerprint density at radius 2 is 0.891 bits per heavy atom. The lowest BCUT2D eigenvalue weighted by Crippen LogP contribution is -2.29. The summed E-state index contributed by atoms with van der Waals surface area (Å²) in [5.74, 6) is -0.918. The third-order valence-electron chi connectivity index (χ3n) is 9.92.